The molecule has 1 fully saturated rings. The lowest BCUT2D eigenvalue weighted by atomic mass is 9.82. The molecule has 0 unspecified atom stereocenters. The second-order valence-corrected chi connectivity index (χ2v) is 3.49. The molecule has 1 aliphatic carbocycles. The van der Waals surface area contributed by atoms with E-state index in [1.165, 1.54) is 6.42 Å². The van der Waals surface area contributed by atoms with Crippen molar-refractivity contribution >= 4 is 0 Å². The van der Waals surface area contributed by atoms with Crippen LogP contribution < -0.4 is 0 Å². The SMILES string of the molecule is CC[C@@H](O)[C@@H]1CCCC[C@@H]1O. The molecule has 0 heterocycles. The van der Waals surface area contributed by atoms with E-state index in [0.29, 0.717) is 0 Å². The minimum absolute atomic E-state index is 0.147. The average molecular weight is 158 g/mol. The molecule has 0 radical (unpaired) electrons. The van der Waals surface area contributed by atoms with Crippen LogP contribution in [0, 0.1) is 5.92 Å². The highest BCUT2D eigenvalue weighted by Gasteiger charge is 2.27. The summed E-state index contributed by atoms with van der Waals surface area (Å²) in [5.41, 5.74) is 0. The van der Waals surface area contributed by atoms with E-state index in [4.69, 9.17) is 0 Å². The first-order chi connectivity index (χ1) is 5.25. The molecule has 2 N–H and O–H groups in total. The molecule has 0 spiro atoms. The molecule has 1 saturated carbocycles. The third-order valence-electron chi connectivity index (χ3n) is 2.69. The number of hydrogen-bond acceptors (Lipinski definition) is 2. The van der Waals surface area contributed by atoms with Crippen molar-refractivity contribution in [2.45, 2.75) is 51.2 Å². The Kier molecular flexibility index (Phi) is 3.34. The summed E-state index contributed by atoms with van der Waals surface area (Å²) in [7, 11) is 0. The second kappa shape index (κ2) is 4.07. The lowest BCUT2D eigenvalue weighted by Crippen LogP contribution is -2.33. The molecule has 0 aromatic rings. The molecule has 0 bridgehead atoms. The molecule has 0 amide bonds. The fourth-order valence-corrected chi connectivity index (χ4v) is 1.89. The van der Waals surface area contributed by atoms with Gasteiger partial charge in [0.1, 0.15) is 0 Å². The van der Waals surface area contributed by atoms with Gasteiger partial charge >= 0.3 is 0 Å². The van der Waals surface area contributed by atoms with Crippen LogP contribution in [-0.4, -0.2) is 22.4 Å². The molecule has 66 valence electrons. The largest absolute Gasteiger partial charge is 0.393 e. The third-order valence-corrected chi connectivity index (χ3v) is 2.69. The van der Waals surface area contributed by atoms with Crippen LogP contribution in [0.4, 0.5) is 0 Å². The minimum Gasteiger partial charge on any atom is -0.393 e. The standard InChI is InChI=1S/C9H18O2/c1-2-8(10)7-5-3-4-6-9(7)11/h7-11H,2-6H2,1H3/t7-,8+,9-/m0/s1. The molecule has 1 rings (SSSR count). The van der Waals surface area contributed by atoms with Gasteiger partial charge in [0.05, 0.1) is 12.2 Å². The maximum atomic E-state index is 9.51. The van der Waals surface area contributed by atoms with Gasteiger partial charge in [-0.2, -0.15) is 0 Å². The van der Waals surface area contributed by atoms with Gasteiger partial charge in [-0.1, -0.05) is 19.8 Å². The van der Waals surface area contributed by atoms with Crippen molar-refractivity contribution in [3.05, 3.63) is 0 Å². The van der Waals surface area contributed by atoms with Crippen molar-refractivity contribution in [2.24, 2.45) is 5.92 Å². The highest BCUT2D eigenvalue weighted by Crippen LogP contribution is 2.27. The Hall–Kier alpha value is -0.0800. The first kappa shape index (κ1) is 9.01. The zero-order valence-electron chi connectivity index (χ0n) is 7.16. The van der Waals surface area contributed by atoms with E-state index < -0.39 is 0 Å². The molecule has 0 aliphatic heterocycles. The van der Waals surface area contributed by atoms with E-state index in [-0.39, 0.29) is 18.1 Å². The van der Waals surface area contributed by atoms with E-state index in [1.54, 1.807) is 0 Å². The van der Waals surface area contributed by atoms with Gasteiger partial charge < -0.3 is 10.2 Å². The summed E-state index contributed by atoms with van der Waals surface area (Å²) in [5.74, 6) is 0.147. The summed E-state index contributed by atoms with van der Waals surface area (Å²) in [6.45, 7) is 1.96. The smallest absolute Gasteiger partial charge is 0.0593 e. The lowest BCUT2D eigenvalue weighted by Gasteiger charge is -2.30. The molecule has 1 aliphatic rings. The van der Waals surface area contributed by atoms with E-state index in [0.717, 1.165) is 25.7 Å². The van der Waals surface area contributed by atoms with Crippen LogP contribution in [0.15, 0.2) is 0 Å². The first-order valence-electron chi connectivity index (χ1n) is 4.61. The van der Waals surface area contributed by atoms with Crippen LogP contribution in [0.25, 0.3) is 0 Å². The molecule has 2 heteroatoms. The van der Waals surface area contributed by atoms with Crippen molar-refractivity contribution in [3.63, 3.8) is 0 Å². The quantitative estimate of drug-likeness (QED) is 0.636. The molecule has 2 nitrogen and oxygen atoms in total. The van der Waals surface area contributed by atoms with Crippen LogP contribution in [0.2, 0.25) is 0 Å². The Morgan fingerprint density at radius 2 is 2.00 bits per heavy atom. The van der Waals surface area contributed by atoms with Gasteiger partial charge in [-0.25, -0.2) is 0 Å². The summed E-state index contributed by atoms with van der Waals surface area (Å²) in [4.78, 5) is 0. The third kappa shape index (κ3) is 2.17. The zero-order chi connectivity index (χ0) is 8.27. The Balaban J connectivity index is 2.40. The molecule has 0 aromatic heterocycles. The average Bonchev–Trinajstić information content (AvgIpc) is 2.04. The van der Waals surface area contributed by atoms with Crippen LogP contribution in [0.1, 0.15) is 39.0 Å². The molecule has 0 aromatic carbocycles. The van der Waals surface area contributed by atoms with E-state index in [1.807, 2.05) is 6.92 Å². The van der Waals surface area contributed by atoms with Gasteiger partial charge in [0.25, 0.3) is 0 Å². The Morgan fingerprint density at radius 3 is 2.55 bits per heavy atom. The monoisotopic (exact) mass is 158 g/mol. The van der Waals surface area contributed by atoms with Crippen LogP contribution in [0.3, 0.4) is 0 Å². The number of rotatable bonds is 2. The first-order valence-corrected chi connectivity index (χ1v) is 4.61. The van der Waals surface area contributed by atoms with Crippen LogP contribution >= 0.6 is 0 Å². The minimum atomic E-state index is -0.287. The molecular formula is C9H18O2. The van der Waals surface area contributed by atoms with Gasteiger partial charge in [0, 0.05) is 5.92 Å². The molecular weight excluding hydrogens is 140 g/mol. The van der Waals surface area contributed by atoms with Gasteiger partial charge in [0.15, 0.2) is 0 Å². The van der Waals surface area contributed by atoms with Gasteiger partial charge in [-0.3, -0.25) is 0 Å². The molecule has 0 saturated heterocycles. The van der Waals surface area contributed by atoms with Crippen molar-refractivity contribution < 1.29 is 10.2 Å². The fourth-order valence-electron chi connectivity index (χ4n) is 1.89. The summed E-state index contributed by atoms with van der Waals surface area (Å²) >= 11 is 0. The van der Waals surface area contributed by atoms with Crippen molar-refractivity contribution in [3.8, 4) is 0 Å². The van der Waals surface area contributed by atoms with Crippen LogP contribution in [0.5, 0.6) is 0 Å². The van der Waals surface area contributed by atoms with E-state index in [2.05, 4.69) is 0 Å². The maximum Gasteiger partial charge on any atom is 0.0593 e. The second-order valence-electron chi connectivity index (χ2n) is 3.49. The van der Waals surface area contributed by atoms with Crippen LogP contribution in [-0.2, 0) is 0 Å². The Labute approximate surface area is 68.2 Å². The molecule has 3 atom stereocenters. The highest BCUT2D eigenvalue weighted by atomic mass is 16.3. The number of aliphatic hydroxyl groups is 2. The Bertz CT molecular complexity index is 110. The van der Waals surface area contributed by atoms with E-state index in [9.17, 15) is 10.2 Å². The van der Waals surface area contributed by atoms with Gasteiger partial charge in [-0.15, -0.1) is 0 Å². The summed E-state index contributed by atoms with van der Waals surface area (Å²) < 4.78 is 0. The highest BCUT2D eigenvalue weighted by molar-refractivity contribution is 4.79. The summed E-state index contributed by atoms with van der Waals surface area (Å²) in [5, 5.41) is 19.0. The number of aliphatic hydroxyl groups excluding tert-OH is 2. The van der Waals surface area contributed by atoms with Gasteiger partial charge in [0.2, 0.25) is 0 Å². The van der Waals surface area contributed by atoms with Crippen molar-refractivity contribution in [1.29, 1.82) is 0 Å². The predicted octanol–water partition coefficient (Wildman–Crippen LogP) is 1.31. The fraction of sp³-hybridized carbons (Fsp3) is 1.00. The van der Waals surface area contributed by atoms with Crippen molar-refractivity contribution in [2.75, 3.05) is 0 Å². The summed E-state index contributed by atoms with van der Waals surface area (Å²) in [6.07, 6.45) is 4.39. The predicted molar refractivity (Wildman–Crippen MR) is 44.3 cm³/mol. The lowest BCUT2D eigenvalue weighted by molar-refractivity contribution is -0.0134. The normalized spacial score (nSPS) is 35.2. The van der Waals surface area contributed by atoms with Gasteiger partial charge in [-0.05, 0) is 19.3 Å². The van der Waals surface area contributed by atoms with Crippen molar-refractivity contribution in [1.82, 2.24) is 0 Å². The topological polar surface area (TPSA) is 40.5 Å². The summed E-state index contributed by atoms with van der Waals surface area (Å²) in [6, 6.07) is 0. The number of hydrogen-bond donors (Lipinski definition) is 2. The molecule has 11 heavy (non-hydrogen) atoms. The maximum absolute atomic E-state index is 9.51. The zero-order valence-corrected chi connectivity index (χ0v) is 7.16. The Morgan fingerprint density at radius 1 is 1.36 bits per heavy atom. The van der Waals surface area contributed by atoms with E-state index >= 15 is 0 Å².